The second kappa shape index (κ2) is 6.57. The van der Waals surface area contributed by atoms with Crippen molar-refractivity contribution >= 4 is 22.9 Å². The molecule has 1 atom stereocenters. The molecule has 0 saturated heterocycles. The number of amides is 1. The van der Waals surface area contributed by atoms with Crippen LogP contribution in [0.15, 0.2) is 40.3 Å². The highest BCUT2D eigenvalue weighted by Gasteiger charge is 2.21. The first-order valence-electron chi connectivity index (χ1n) is 6.96. The molecule has 2 heterocycles. The van der Waals surface area contributed by atoms with E-state index in [1.807, 2.05) is 29.6 Å². The Kier molecular flexibility index (Phi) is 4.33. The van der Waals surface area contributed by atoms with Crippen molar-refractivity contribution in [3.05, 3.63) is 47.3 Å². The monoisotopic (exact) mass is 329 g/mol. The zero-order chi connectivity index (χ0) is 16.2. The molecule has 0 bridgehead atoms. The van der Waals surface area contributed by atoms with Gasteiger partial charge in [0, 0.05) is 30.6 Å². The van der Waals surface area contributed by atoms with Crippen molar-refractivity contribution in [3.8, 4) is 10.9 Å². The molecule has 0 aliphatic rings. The third-order valence-corrected chi connectivity index (χ3v) is 3.91. The zero-order valence-electron chi connectivity index (χ0n) is 12.4. The van der Waals surface area contributed by atoms with Crippen LogP contribution in [0.4, 0.5) is 5.69 Å². The molecular weight excluding hydrogens is 314 g/mol. The Labute approximate surface area is 136 Å². The number of nitrogens with zero attached hydrogens (tertiary/aromatic N) is 3. The smallest absolute Gasteiger partial charge is 0.276 e. The van der Waals surface area contributed by atoms with E-state index in [0.717, 1.165) is 5.56 Å². The molecule has 1 aromatic carbocycles. The molecule has 1 amide bonds. The van der Waals surface area contributed by atoms with Crippen LogP contribution in [0.2, 0.25) is 0 Å². The number of aromatic nitrogens is 3. The molecule has 0 fully saturated rings. The topological polar surface area (TPSA) is 107 Å². The summed E-state index contributed by atoms with van der Waals surface area (Å²) in [6.07, 6.45) is 2.20. The fourth-order valence-electron chi connectivity index (χ4n) is 2.13. The molecule has 0 unspecified atom stereocenters. The number of thiazole rings is 1. The van der Waals surface area contributed by atoms with E-state index in [2.05, 4.69) is 20.5 Å². The van der Waals surface area contributed by atoms with Crippen LogP contribution in [0.5, 0.6) is 0 Å². The molecule has 118 valence electrons. The lowest BCUT2D eigenvalue weighted by Gasteiger charge is -2.14. The van der Waals surface area contributed by atoms with Gasteiger partial charge in [0.2, 0.25) is 11.8 Å². The number of rotatable bonds is 5. The first kappa shape index (κ1) is 15.2. The van der Waals surface area contributed by atoms with E-state index in [0.29, 0.717) is 28.9 Å². The molecule has 0 saturated carbocycles. The summed E-state index contributed by atoms with van der Waals surface area (Å²) >= 11 is 1.41. The van der Waals surface area contributed by atoms with Gasteiger partial charge in [0.1, 0.15) is 6.04 Å². The molecule has 3 aromatic rings. The lowest BCUT2D eigenvalue weighted by atomic mass is 10.1. The molecular formula is C15H15N5O2S. The van der Waals surface area contributed by atoms with Gasteiger partial charge < -0.3 is 15.5 Å². The van der Waals surface area contributed by atoms with Crippen LogP contribution in [0.1, 0.15) is 24.4 Å². The average molecular weight is 329 g/mol. The van der Waals surface area contributed by atoms with Crippen LogP contribution >= 0.6 is 11.3 Å². The van der Waals surface area contributed by atoms with E-state index in [9.17, 15) is 4.79 Å². The highest BCUT2D eigenvalue weighted by Crippen LogP contribution is 2.24. The molecule has 3 rings (SSSR count). The van der Waals surface area contributed by atoms with Gasteiger partial charge in [-0.3, -0.25) is 4.79 Å². The minimum atomic E-state index is -0.405. The van der Waals surface area contributed by atoms with Gasteiger partial charge in [-0.15, -0.1) is 21.5 Å². The van der Waals surface area contributed by atoms with Crippen LogP contribution in [-0.2, 0) is 11.2 Å². The van der Waals surface area contributed by atoms with E-state index in [1.165, 1.54) is 18.3 Å². The number of anilines is 1. The molecule has 8 heteroatoms. The van der Waals surface area contributed by atoms with Gasteiger partial charge in [0.05, 0.1) is 0 Å². The van der Waals surface area contributed by atoms with Gasteiger partial charge >= 0.3 is 0 Å². The second-order valence-corrected chi connectivity index (χ2v) is 5.88. The van der Waals surface area contributed by atoms with Crippen molar-refractivity contribution < 1.29 is 9.21 Å². The quantitative estimate of drug-likeness (QED) is 0.695. The Balaban J connectivity index is 1.84. The van der Waals surface area contributed by atoms with E-state index in [1.54, 1.807) is 6.20 Å². The molecule has 2 aromatic heterocycles. The maximum Gasteiger partial charge on any atom is 0.276 e. The summed E-state index contributed by atoms with van der Waals surface area (Å²) in [5.41, 5.74) is 7.39. The number of nitrogen functional groups attached to an aromatic ring is 1. The summed E-state index contributed by atoms with van der Waals surface area (Å²) in [5.74, 6) is 0.532. The summed E-state index contributed by atoms with van der Waals surface area (Å²) < 4.78 is 5.67. The Bertz CT molecular complexity index is 783. The fraction of sp³-hybridized carbons (Fsp3) is 0.200. The number of nitrogens with one attached hydrogen (secondary N) is 1. The molecule has 0 aliphatic heterocycles. The van der Waals surface area contributed by atoms with Crippen LogP contribution in [0.3, 0.4) is 0 Å². The predicted molar refractivity (Wildman–Crippen MR) is 86.5 cm³/mol. The standard InChI is InChI=1S/C15H15N5O2S/c1-9(21)18-12(8-10-2-4-11(16)5-3-10)13-19-20-14(22-13)15-17-6-7-23-15/h2-7,12H,8,16H2,1H3,(H,18,21)/t12-/m0/s1. The number of nitrogens with two attached hydrogens (primary N) is 1. The van der Waals surface area contributed by atoms with Crippen molar-refractivity contribution in [1.82, 2.24) is 20.5 Å². The highest BCUT2D eigenvalue weighted by atomic mass is 32.1. The minimum Gasteiger partial charge on any atom is -0.416 e. The maximum absolute atomic E-state index is 11.5. The third-order valence-electron chi connectivity index (χ3n) is 3.15. The third kappa shape index (κ3) is 3.72. The van der Waals surface area contributed by atoms with E-state index in [-0.39, 0.29) is 5.91 Å². The number of carbonyl (C=O) groups excluding carboxylic acids is 1. The van der Waals surface area contributed by atoms with E-state index < -0.39 is 6.04 Å². The van der Waals surface area contributed by atoms with Crippen molar-refractivity contribution in [3.63, 3.8) is 0 Å². The molecule has 0 aliphatic carbocycles. The second-order valence-electron chi connectivity index (χ2n) is 4.98. The Morgan fingerprint density at radius 1 is 1.35 bits per heavy atom. The van der Waals surface area contributed by atoms with Crippen LogP contribution in [-0.4, -0.2) is 21.1 Å². The van der Waals surface area contributed by atoms with Crippen LogP contribution in [0, 0.1) is 0 Å². The van der Waals surface area contributed by atoms with Crippen molar-refractivity contribution in [1.29, 1.82) is 0 Å². The van der Waals surface area contributed by atoms with Gasteiger partial charge in [-0.05, 0) is 17.7 Å². The SMILES string of the molecule is CC(=O)N[C@@H](Cc1ccc(N)cc1)c1nnc(-c2nccs2)o1. The molecule has 3 N–H and O–H groups in total. The van der Waals surface area contributed by atoms with Gasteiger partial charge in [-0.2, -0.15) is 0 Å². The largest absolute Gasteiger partial charge is 0.416 e. The lowest BCUT2D eigenvalue weighted by molar-refractivity contribution is -0.119. The number of carbonyl (C=O) groups is 1. The van der Waals surface area contributed by atoms with Gasteiger partial charge in [-0.1, -0.05) is 12.1 Å². The fourth-order valence-corrected chi connectivity index (χ4v) is 2.68. The van der Waals surface area contributed by atoms with Crippen LogP contribution in [0.25, 0.3) is 10.9 Å². The highest BCUT2D eigenvalue weighted by molar-refractivity contribution is 7.12. The molecule has 23 heavy (non-hydrogen) atoms. The summed E-state index contributed by atoms with van der Waals surface area (Å²) in [7, 11) is 0. The van der Waals surface area contributed by atoms with Gasteiger partial charge in [-0.25, -0.2) is 4.98 Å². The average Bonchev–Trinajstić information content (AvgIpc) is 3.19. The lowest BCUT2D eigenvalue weighted by Crippen LogP contribution is -2.28. The van der Waals surface area contributed by atoms with Crippen LogP contribution < -0.4 is 11.1 Å². The maximum atomic E-state index is 11.5. The van der Waals surface area contributed by atoms with E-state index >= 15 is 0 Å². The van der Waals surface area contributed by atoms with E-state index in [4.69, 9.17) is 10.2 Å². The van der Waals surface area contributed by atoms with Gasteiger partial charge in [0.25, 0.3) is 5.89 Å². The first-order chi connectivity index (χ1) is 11.1. The summed E-state index contributed by atoms with van der Waals surface area (Å²) in [5, 5.41) is 13.4. The normalized spacial score (nSPS) is 12.0. The Hall–Kier alpha value is -2.74. The predicted octanol–water partition coefficient (Wildman–Crippen LogP) is 2.20. The minimum absolute atomic E-state index is 0.167. The summed E-state index contributed by atoms with van der Waals surface area (Å²) in [6.45, 7) is 1.45. The van der Waals surface area contributed by atoms with Gasteiger partial charge in [0.15, 0.2) is 5.01 Å². The Morgan fingerprint density at radius 2 is 2.13 bits per heavy atom. The van der Waals surface area contributed by atoms with Crippen molar-refractivity contribution in [2.45, 2.75) is 19.4 Å². The number of hydrogen-bond donors (Lipinski definition) is 2. The number of benzene rings is 1. The zero-order valence-corrected chi connectivity index (χ0v) is 13.2. The molecule has 0 spiro atoms. The van der Waals surface area contributed by atoms with Crippen molar-refractivity contribution in [2.75, 3.05) is 5.73 Å². The summed E-state index contributed by atoms with van der Waals surface area (Å²) in [6, 6.07) is 7.03. The van der Waals surface area contributed by atoms with Crippen molar-refractivity contribution in [2.24, 2.45) is 0 Å². The molecule has 0 radical (unpaired) electrons. The summed E-state index contributed by atoms with van der Waals surface area (Å²) in [4.78, 5) is 15.6. The first-order valence-corrected chi connectivity index (χ1v) is 7.84. The molecule has 7 nitrogen and oxygen atoms in total. The number of hydrogen-bond acceptors (Lipinski definition) is 7. The Morgan fingerprint density at radius 3 is 2.78 bits per heavy atom.